The summed E-state index contributed by atoms with van der Waals surface area (Å²) in [7, 11) is 0. The van der Waals surface area contributed by atoms with E-state index >= 15 is 0 Å². The van der Waals surface area contributed by atoms with Gasteiger partial charge in [0.05, 0.1) is 11.3 Å². The molecule has 3 N–H and O–H groups in total. The van der Waals surface area contributed by atoms with Gasteiger partial charge in [0.25, 0.3) is 11.8 Å². The lowest BCUT2D eigenvalue weighted by Crippen LogP contribution is -2.48. The Hall–Kier alpha value is -4.08. The van der Waals surface area contributed by atoms with Gasteiger partial charge in [-0.3, -0.25) is 19.3 Å². The molecule has 1 saturated carbocycles. The Labute approximate surface area is 208 Å². The van der Waals surface area contributed by atoms with E-state index in [4.69, 9.17) is 9.47 Å². The third-order valence-corrected chi connectivity index (χ3v) is 6.85. The zero-order valence-electron chi connectivity index (χ0n) is 19.8. The Bertz CT molecular complexity index is 1210. The largest absolute Gasteiger partial charge is 0.454 e. The Kier molecular flexibility index (Phi) is 6.49. The summed E-state index contributed by atoms with van der Waals surface area (Å²) in [4.78, 5) is 52.0. The maximum atomic E-state index is 12.9. The van der Waals surface area contributed by atoms with Crippen LogP contribution in [0.4, 0.5) is 10.5 Å². The van der Waals surface area contributed by atoms with Gasteiger partial charge >= 0.3 is 6.03 Å². The predicted molar refractivity (Wildman–Crippen MR) is 129 cm³/mol. The quantitative estimate of drug-likeness (QED) is 0.510. The average Bonchev–Trinajstić information content (AvgIpc) is 3.44. The summed E-state index contributed by atoms with van der Waals surface area (Å²) in [6, 6.07) is 11.7. The molecule has 2 fully saturated rings. The third kappa shape index (κ3) is 4.71. The second kappa shape index (κ2) is 9.88. The summed E-state index contributed by atoms with van der Waals surface area (Å²) in [6.07, 6.45) is 4.05. The Morgan fingerprint density at radius 2 is 1.78 bits per heavy atom. The summed E-state index contributed by atoms with van der Waals surface area (Å²) in [5, 5.41) is 8.44. The number of fused-ring (bicyclic) bond motifs is 1. The maximum Gasteiger partial charge on any atom is 0.325 e. The summed E-state index contributed by atoms with van der Waals surface area (Å²) in [5.74, 6) is 0.311. The number of carbonyl (C=O) groups excluding carboxylic acids is 4. The van der Waals surface area contributed by atoms with Gasteiger partial charge in [-0.1, -0.05) is 37.5 Å². The third-order valence-electron chi connectivity index (χ3n) is 6.85. The highest BCUT2D eigenvalue weighted by Gasteiger charge is 2.51. The lowest BCUT2D eigenvalue weighted by Gasteiger charge is -2.30. The van der Waals surface area contributed by atoms with Crippen LogP contribution in [0.1, 0.15) is 54.4 Å². The van der Waals surface area contributed by atoms with E-state index in [9.17, 15) is 19.2 Å². The van der Waals surface area contributed by atoms with E-state index in [-0.39, 0.29) is 38.1 Å². The second-order valence-corrected chi connectivity index (χ2v) is 9.24. The number of para-hydroxylation sites is 1. The molecule has 2 aliphatic heterocycles. The summed E-state index contributed by atoms with van der Waals surface area (Å²) >= 11 is 0. The summed E-state index contributed by atoms with van der Waals surface area (Å²) < 4.78 is 10.7. The van der Waals surface area contributed by atoms with Gasteiger partial charge in [-0.15, -0.1) is 0 Å². The van der Waals surface area contributed by atoms with E-state index in [0.717, 1.165) is 29.7 Å². The van der Waals surface area contributed by atoms with Crippen LogP contribution in [0.3, 0.4) is 0 Å². The number of hydrogen-bond donors (Lipinski definition) is 3. The number of carbonyl (C=O) groups is 4. The molecule has 10 heteroatoms. The fourth-order valence-corrected chi connectivity index (χ4v) is 4.92. The van der Waals surface area contributed by atoms with Crippen molar-refractivity contribution < 1.29 is 28.7 Å². The molecule has 1 spiro atoms. The van der Waals surface area contributed by atoms with E-state index in [2.05, 4.69) is 16.0 Å². The molecule has 2 heterocycles. The van der Waals surface area contributed by atoms with Crippen molar-refractivity contribution in [3.63, 3.8) is 0 Å². The van der Waals surface area contributed by atoms with E-state index < -0.39 is 17.5 Å². The second-order valence-electron chi connectivity index (χ2n) is 9.24. The smallest absolute Gasteiger partial charge is 0.325 e. The standard InChI is InChI=1S/C26H28N4O6/c31-22(10-13-30-24(33)26(29-25(30)34)11-4-1-5-12-26)28-19-7-3-2-6-18(19)23(32)27-15-17-8-9-20-21(14-17)36-16-35-20/h2-3,6-9,14H,1,4-5,10-13,15-16H2,(H,27,32)(H,28,31)(H,29,34). The highest BCUT2D eigenvalue weighted by molar-refractivity contribution is 6.08. The van der Waals surface area contributed by atoms with Crippen LogP contribution in [-0.2, 0) is 16.1 Å². The number of urea groups is 1. The lowest BCUT2D eigenvalue weighted by molar-refractivity contribution is -0.132. The highest BCUT2D eigenvalue weighted by Crippen LogP contribution is 2.34. The maximum absolute atomic E-state index is 12.9. The number of nitrogens with one attached hydrogen (secondary N) is 3. The van der Waals surface area contributed by atoms with Crippen molar-refractivity contribution in [1.29, 1.82) is 0 Å². The average molecular weight is 493 g/mol. The van der Waals surface area contributed by atoms with Crippen LogP contribution < -0.4 is 25.4 Å². The van der Waals surface area contributed by atoms with E-state index in [1.165, 1.54) is 0 Å². The number of benzene rings is 2. The van der Waals surface area contributed by atoms with Gasteiger partial charge < -0.3 is 25.4 Å². The number of nitrogens with zero attached hydrogens (tertiary/aromatic N) is 1. The van der Waals surface area contributed by atoms with Gasteiger partial charge in [0.2, 0.25) is 12.7 Å². The first-order valence-electron chi connectivity index (χ1n) is 12.1. The molecule has 5 amide bonds. The molecular formula is C26H28N4O6. The molecule has 2 aromatic carbocycles. The van der Waals surface area contributed by atoms with Crippen molar-refractivity contribution in [2.75, 3.05) is 18.7 Å². The molecule has 2 aromatic rings. The zero-order valence-corrected chi connectivity index (χ0v) is 19.8. The first kappa shape index (κ1) is 23.7. The van der Waals surface area contributed by atoms with Crippen LogP contribution >= 0.6 is 0 Å². The normalized spacial score (nSPS) is 17.7. The molecular weight excluding hydrogens is 464 g/mol. The lowest BCUT2D eigenvalue weighted by atomic mass is 9.82. The molecule has 0 radical (unpaired) electrons. The number of amides is 5. The summed E-state index contributed by atoms with van der Waals surface area (Å²) in [5.41, 5.74) is 0.696. The number of hydrogen-bond acceptors (Lipinski definition) is 6. The van der Waals surface area contributed by atoms with Crippen molar-refractivity contribution in [3.8, 4) is 11.5 Å². The van der Waals surface area contributed by atoms with Crippen LogP contribution in [0.25, 0.3) is 0 Å². The number of rotatable bonds is 7. The molecule has 0 aromatic heterocycles. The van der Waals surface area contributed by atoms with Gasteiger partial charge in [0, 0.05) is 19.5 Å². The molecule has 5 rings (SSSR count). The van der Waals surface area contributed by atoms with E-state index in [1.807, 2.05) is 12.1 Å². The minimum absolute atomic E-state index is 0.0171. The molecule has 3 aliphatic rings. The molecule has 188 valence electrons. The first-order valence-corrected chi connectivity index (χ1v) is 12.1. The van der Waals surface area contributed by atoms with Crippen molar-refractivity contribution in [2.45, 2.75) is 50.6 Å². The monoisotopic (exact) mass is 492 g/mol. The summed E-state index contributed by atoms with van der Waals surface area (Å²) in [6.45, 7) is 0.429. The Balaban J connectivity index is 1.17. The van der Waals surface area contributed by atoms with E-state index in [0.29, 0.717) is 35.6 Å². The van der Waals surface area contributed by atoms with Crippen molar-refractivity contribution in [2.24, 2.45) is 0 Å². The zero-order chi connectivity index (χ0) is 25.1. The van der Waals surface area contributed by atoms with Crippen LogP contribution in [0, 0.1) is 0 Å². The molecule has 36 heavy (non-hydrogen) atoms. The fraction of sp³-hybridized carbons (Fsp3) is 0.385. The van der Waals surface area contributed by atoms with Gasteiger partial charge in [0.15, 0.2) is 11.5 Å². The topological polar surface area (TPSA) is 126 Å². The van der Waals surface area contributed by atoms with Gasteiger partial charge in [-0.05, 0) is 42.7 Å². The molecule has 1 saturated heterocycles. The fourth-order valence-electron chi connectivity index (χ4n) is 4.92. The SMILES string of the molecule is O=C(CCN1C(=O)NC2(CCCCC2)C1=O)Nc1ccccc1C(=O)NCc1ccc2c(c1)OCO2. The first-order chi connectivity index (χ1) is 17.4. The molecule has 0 bridgehead atoms. The molecule has 0 unspecified atom stereocenters. The van der Waals surface area contributed by atoms with Gasteiger partial charge in [-0.25, -0.2) is 4.79 Å². The Morgan fingerprint density at radius 1 is 1.00 bits per heavy atom. The minimum Gasteiger partial charge on any atom is -0.454 e. The predicted octanol–water partition coefficient (Wildman–Crippen LogP) is 2.93. The van der Waals surface area contributed by atoms with Crippen LogP contribution in [0.5, 0.6) is 11.5 Å². The van der Waals surface area contributed by atoms with Crippen LogP contribution in [0.15, 0.2) is 42.5 Å². The Morgan fingerprint density at radius 3 is 2.61 bits per heavy atom. The van der Waals surface area contributed by atoms with E-state index in [1.54, 1.807) is 30.3 Å². The van der Waals surface area contributed by atoms with Gasteiger partial charge in [-0.2, -0.15) is 0 Å². The highest BCUT2D eigenvalue weighted by atomic mass is 16.7. The number of anilines is 1. The number of ether oxygens (including phenoxy) is 2. The van der Waals surface area contributed by atoms with Crippen LogP contribution in [-0.4, -0.2) is 47.5 Å². The molecule has 10 nitrogen and oxygen atoms in total. The van der Waals surface area contributed by atoms with Crippen LogP contribution in [0.2, 0.25) is 0 Å². The van der Waals surface area contributed by atoms with Crippen molar-refractivity contribution in [3.05, 3.63) is 53.6 Å². The van der Waals surface area contributed by atoms with Crippen molar-refractivity contribution in [1.82, 2.24) is 15.5 Å². The van der Waals surface area contributed by atoms with Gasteiger partial charge in [0.1, 0.15) is 5.54 Å². The minimum atomic E-state index is -0.811. The molecule has 1 aliphatic carbocycles. The molecule has 0 atom stereocenters. The number of imide groups is 1. The van der Waals surface area contributed by atoms with Crippen molar-refractivity contribution >= 4 is 29.4 Å².